The van der Waals surface area contributed by atoms with E-state index in [1.54, 1.807) is 37.4 Å². The molecule has 3 aromatic rings. The average Bonchev–Trinajstić information content (AvgIpc) is 2.86. The largest absolute Gasteiger partial charge is 0.452 e. The number of rotatable bonds is 8. The summed E-state index contributed by atoms with van der Waals surface area (Å²) in [7, 11) is 1.63. The number of amides is 2. The van der Waals surface area contributed by atoms with E-state index in [1.165, 1.54) is 15.9 Å². The topological polar surface area (TPSA) is 90.7 Å². The van der Waals surface area contributed by atoms with Crippen molar-refractivity contribution in [3.8, 4) is 6.07 Å². The standard InChI is InChI=1S/C28H27N3O4/c1-20-16-21(2)18-23(17-20)31(15-9-14-29)26(32)19-35-28(34)25-13-8-7-12-24(25)27(33)30(3)22-10-5-4-6-11-22/h4-8,10-13,16-18H,9,15,19H2,1-3H3. The van der Waals surface area contributed by atoms with Crippen LogP contribution < -0.4 is 9.80 Å². The first-order valence-corrected chi connectivity index (χ1v) is 11.2. The summed E-state index contributed by atoms with van der Waals surface area (Å²) in [4.78, 5) is 41.9. The van der Waals surface area contributed by atoms with Crippen LogP contribution in [0.15, 0.2) is 72.8 Å². The number of hydrogen-bond acceptors (Lipinski definition) is 5. The number of para-hydroxylation sites is 1. The third kappa shape index (κ3) is 6.33. The first kappa shape index (κ1) is 25.2. The second kappa shape index (κ2) is 11.6. The zero-order valence-electron chi connectivity index (χ0n) is 20.0. The van der Waals surface area contributed by atoms with Crippen molar-refractivity contribution in [3.05, 3.63) is 95.1 Å². The van der Waals surface area contributed by atoms with Gasteiger partial charge < -0.3 is 14.5 Å². The van der Waals surface area contributed by atoms with E-state index in [1.807, 2.05) is 56.3 Å². The number of benzene rings is 3. The van der Waals surface area contributed by atoms with Gasteiger partial charge in [-0.15, -0.1) is 0 Å². The van der Waals surface area contributed by atoms with E-state index in [0.717, 1.165) is 11.1 Å². The summed E-state index contributed by atoms with van der Waals surface area (Å²) in [5, 5.41) is 9.02. The molecule has 2 amide bonds. The molecule has 0 atom stereocenters. The molecule has 0 fully saturated rings. The molecule has 0 unspecified atom stereocenters. The van der Waals surface area contributed by atoms with Crippen LogP contribution in [0.3, 0.4) is 0 Å². The lowest BCUT2D eigenvalue weighted by atomic mass is 10.1. The number of anilines is 2. The maximum absolute atomic E-state index is 13.1. The molecule has 0 aromatic heterocycles. The molecule has 3 rings (SSSR count). The van der Waals surface area contributed by atoms with E-state index in [4.69, 9.17) is 10.00 Å². The molecule has 0 bridgehead atoms. The van der Waals surface area contributed by atoms with E-state index in [9.17, 15) is 14.4 Å². The summed E-state index contributed by atoms with van der Waals surface area (Å²) in [6, 6.07) is 23.1. The van der Waals surface area contributed by atoms with Crippen LogP contribution in [0.5, 0.6) is 0 Å². The van der Waals surface area contributed by atoms with Gasteiger partial charge in [-0.2, -0.15) is 5.26 Å². The van der Waals surface area contributed by atoms with Gasteiger partial charge in [0.2, 0.25) is 0 Å². The van der Waals surface area contributed by atoms with Crippen LogP contribution in [-0.4, -0.2) is 38.0 Å². The molecular weight excluding hydrogens is 442 g/mol. The number of carbonyl (C=O) groups is 3. The van der Waals surface area contributed by atoms with Crippen molar-refractivity contribution in [1.29, 1.82) is 5.26 Å². The van der Waals surface area contributed by atoms with Gasteiger partial charge in [-0.25, -0.2) is 4.79 Å². The second-order valence-corrected chi connectivity index (χ2v) is 8.12. The van der Waals surface area contributed by atoms with Crippen molar-refractivity contribution in [3.63, 3.8) is 0 Å². The zero-order chi connectivity index (χ0) is 25.4. The maximum atomic E-state index is 13.1. The molecule has 7 heteroatoms. The minimum absolute atomic E-state index is 0.0723. The number of ether oxygens (including phenoxy) is 1. The molecule has 0 spiro atoms. The Hall–Kier alpha value is -4.44. The van der Waals surface area contributed by atoms with Crippen molar-refractivity contribution < 1.29 is 19.1 Å². The number of esters is 1. The Bertz CT molecular complexity index is 1240. The predicted molar refractivity (Wildman–Crippen MR) is 134 cm³/mol. The molecule has 0 saturated carbocycles. The molecule has 0 radical (unpaired) electrons. The highest BCUT2D eigenvalue weighted by atomic mass is 16.5. The van der Waals surface area contributed by atoms with Gasteiger partial charge in [0, 0.05) is 25.0 Å². The van der Waals surface area contributed by atoms with Crippen molar-refractivity contribution in [2.45, 2.75) is 20.3 Å². The summed E-state index contributed by atoms with van der Waals surface area (Å²) in [5.41, 5.74) is 3.51. The minimum Gasteiger partial charge on any atom is -0.452 e. The quantitative estimate of drug-likeness (QED) is 0.447. The Labute approximate surface area is 205 Å². The van der Waals surface area contributed by atoms with Gasteiger partial charge in [0.05, 0.1) is 23.6 Å². The molecule has 0 N–H and O–H groups in total. The Kier molecular flexibility index (Phi) is 8.36. The molecule has 0 saturated heterocycles. The van der Waals surface area contributed by atoms with E-state index >= 15 is 0 Å². The molecule has 178 valence electrons. The van der Waals surface area contributed by atoms with Gasteiger partial charge >= 0.3 is 5.97 Å². The highest BCUT2D eigenvalue weighted by molar-refractivity contribution is 6.12. The lowest BCUT2D eigenvalue weighted by Gasteiger charge is -2.23. The van der Waals surface area contributed by atoms with Crippen LogP contribution in [0, 0.1) is 25.2 Å². The predicted octanol–water partition coefficient (Wildman–Crippen LogP) is 4.68. The number of aryl methyl sites for hydroxylation is 2. The van der Waals surface area contributed by atoms with Gasteiger partial charge in [0.15, 0.2) is 6.61 Å². The van der Waals surface area contributed by atoms with Crippen LogP contribution in [0.4, 0.5) is 11.4 Å². The van der Waals surface area contributed by atoms with Crippen molar-refractivity contribution in [1.82, 2.24) is 0 Å². The molecule has 35 heavy (non-hydrogen) atoms. The number of nitrogens with zero attached hydrogens (tertiary/aromatic N) is 3. The van der Waals surface area contributed by atoms with Crippen LogP contribution in [0.2, 0.25) is 0 Å². The first-order valence-electron chi connectivity index (χ1n) is 11.2. The van der Waals surface area contributed by atoms with Crippen LogP contribution in [0.25, 0.3) is 0 Å². The highest BCUT2D eigenvalue weighted by Crippen LogP contribution is 2.21. The molecule has 0 aliphatic carbocycles. The molecule has 0 heterocycles. The summed E-state index contributed by atoms with van der Waals surface area (Å²) >= 11 is 0. The summed E-state index contributed by atoms with van der Waals surface area (Å²) in [6.45, 7) is 3.49. The van der Waals surface area contributed by atoms with E-state index < -0.39 is 18.5 Å². The lowest BCUT2D eigenvalue weighted by Crippen LogP contribution is -2.36. The smallest absolute Gasteiger partial charge is 0.339 e. The van der Waals surface area contributed by atoms with Crippen molar-refractivity contribution in [2.75, 3.05) is 30.0 Å². The molecular formula is C28H27N3O4. The van der Waals surface area contributed by atoms with Gasteiger partial charge in [-0.05, 0) is 61.4 Å². The van der Waals surface area contributed by atoms with Crippen molar-refractivity contribution >= 4 is 29.2 Å². The monoisotopic (exact) mass is 469 g/mol. The molecule has 0 aliphatic heterocycles. The molecule has 7 nitrogen and oxygen atoms in total. The van der Waals surface area contributed by atoms with E-state index in [0.29, 0.717) is 11.4 Å². The summed E-state index contributed by atoms with van der Waals surface area (Å²) in [6.07, 6.45) is 0.135. The Morgan fingerprint density at radius 2 is 1.46 bits per heavy atom. The minimum atomic E-state index is -0.774. The van der Waals surface area contributed by atoms with Gasteiger partial charge in [0.1, 0.15) is 0 Å². The third-order valence-electron chi connectivity index (χ3n) is 5.42. The fourth-order valence-corrected chi connectivity index (χ4v) is 3.75. The number of hydrogen-bond donors (Lipinski definition) is 0. The number of carbonyl (C=O) groups excluding carboxylic acids is 3. The van der Waals surface area contributed by atoms with Crippen LogP contribution in [-0.2, 0) is 9.53 Å². The zero-order valence-corrected chi connectivity index (χ0v) is 20.0. The normalized spacial score (nSPS) is 10.2. The van der Waals surface area contributed by atoms with Gasteiger partial charge in [0.25, 0.3) is 11.8 Å². The van der Waals surface area contributed by atoms with Crippen LogP contribution >= 0.6 is 0 Å². The maximum Gasteiger partial charge on any atom is 0.339 e. The average molecular weight is 470 g/mol. The highest BCUT2D eigenvalue weighted by Gasteiger charge is 2.23. The van der Waals surface area contributed by atoms with E-state index in [2.05, 4.69) is 0 Å². The van der Waals surface area contributed by atoms with Crippen molar-refractivity contribution in [2.24, 2.45) is 0 Å². The SMILES string of the molecule is Cc1cc(C)cc(N(CCC#N)C(=O)COC(=O)c2ccccc2C(=O)N(C)c2ccccc2)c1. The number of nitriles is 1. The lowest BCUT2D eigenvalue weighted by molar-refractivity contribution is -0.121. The first-order chi connectivity index (χ1) is 16.8. The summed E-state index contributed by atoms with van der Waals surface area (Å²) < 4.78 is 5.33. The van der Waals surface area contributed by atoms with Gasteiger partial charge in [-0.1, -0.05) is 36.4 Å². The molecule has 3 aromatic carbocycles. The third-order valence-corrected chi connectivity index (χ3v) is 5.42. The van der Waals surface area contributed by atoms with E-state index in [-0.39, 0.29) is 30.0 Å². The second-order valence-electron chi connectivity index (χ2n) is 8.12. The Morgan fingerprint density at radius 1 is 0.857 bits per heavy atom. The fraction of sp³-hybridized carbons (Fsp3) is 0.214. The Morgan fingerprint density at radius 3 is 2.09 bits per heavy atom. The van der Waals surface area contributed by atoms with Crippen LogP contribution in [0.1, 0.15) is 38.3 Å². The fourth-order valence-electron chi connectivity index (χ4n) is 3.75. The Balaban J connectivity index is 1.77. The molecule has 0 aliphatic rings. The summed E-state index contributed by atoms with van der Waals surface area (Å²) in [5.74, 6) is -1.60. The van der Waals surface area contributed by atoms with Gasteiger partial charge in [-0.3, -0.25) is 9.59 Å².